The Labute approximate surface area is 201 Å². The topological polar surface area (TPSA) is 108 Å². The number of benzene rings is 2. The monoisotopic (exact) mass is 478 g/mol. The van der Waals surface area contributed by atoms with E-state index in [0.717, 1.165) is 11.8 Å². The number of anilines is 4. The summed E-state index contributed by atoms with van der Waals surface area (Å²) >= 11 is 0. The smallest absolute Gasteiger partial charge is 0.252 e. The normalized spacial score (nSPS) is 13.8. The van der Waals surface area contributed by atoms with Gasteiger partial charge in [-0.1, -0.05) is 0 Å². The molecule has 8 nitrogen and oxygen atoms in total. The van der Waals surface area contributed by atoms with Crippen LogP contribution in [0.4, 0.5) is 37.3 Å². The molecule has 1 aromatic heterocycles. The van der Waals surface area contributed by atoms with E-state index in [2.05, 4.69) is 25.4 Å². The van der Waals surface area contributed by atoms with Gasteiger partial charge in [0.2, 0.25) is 5.69 Å². The van der Waals surface area contributed by atoms with Gasteiger partial charge >= 0.3 is 0 Å². The van der Waals surface area contributed by atoms with Crippen LogP contribution in [0, 0.1) is 18.2 Å². The summed E-state index contributed by atoms with van der Waals surface area (Å²) in [6.45, 7) is 9.00. The highest BCUT2D eigenvalue weighted by Crippen LogP contribution is 2.34. The molecule has 1 fully saturated rings. The number of piperidine rings is 1. The second-order valence-electron chi connectivity index (χ2n) is 8.27. The van der Waals surface area contributed by atoms with E-state index in [1.54, 1.807) is 12.1 Å². The van der Waals surface area contributed by atoms with Crippen LogP contribution < -0.4 is 21.3 Å². The van der Waals surface area contributed by atoms with Gasteiger partial charge in [-0.05, 0) is 48.7 Å². The van der Waals surface area contributed by atoms with Crippen molar-refractivity contribution in [2.24, 2.45) is 5.73 Å². The van der Waals surface area contributed by atoms with E-state index in [-0.39, 0.29) is 18.2 Å². The van der Waals surface area contributed by atoms with Gasteiger partial charge in [-0.2, -0.15) is 0 Å². The van der Waals surface area contributed by atoms with Crippen LogP contribution in [0.5, 0.6) is 0 Å². The third-order valence-corrected chi connectivity index (χ3v) is 5.75. The predicted molar refractivity (Wildman–Crippen MR) is 130 cm³/mol. The van der Waals surface area contributed by atoms with Gasteiger partial charge in [0, 0.05) is 49.3 Å². The number of aromatic nitrogens is 1. The quantitative estimate of drug-likeness (QED) is 0.377. The van der Waals surface area contributed by atoms with Crippen molar-refractivity contribution in [3.63, 3.8) is 0 Å². The van der Waals surface area contributed by atoms with E-state index in [4.69, 9.17) is 12.3 Å². The number of rotatable bonds is 7. The summed E-state index contributed by atoms with van der Waals surface area (Å²) in [5.41, 5.74) is 8.16. The SMILES string of the molecule is [C-]#[N+]c1cc(Nc2cc(NCc3cc(F)cc(F)c3)c(C(N)=O)cn2)ccc1N1CCC(O)CC1. The molecule has 1 aliphatic heterocycles. The Kier molecular flexibility index (Phi) is 7.08. The molecule has 1 amide bonds. The fourth-order valence-corrected chi connectivity index (χ4v) is 3.99. The Balaban J connectivity index is 1.54. The van der Waals surface area contributed by atoms with E-state index >= 15 is 0 Å². The number of nitrogens with one attached hydrogen (secondary N) is 2. The number of amides is 1. The molecular weight excluding hydrogens is 454 g/mol. The summed E-state index contributed by atoms with van der Waals surface area (Å²) in [4.78, 5) is 21.8. The van der Waals surface area contributed by atoms with Gasteiger partial charge in [-0.3, -0.25) is 4.79 Å². The Morgan fingerprint density at radius 1 is 1.17 bits per heavy atom. The van der Waals surface area contributed by atoms with Crippen molar-refractivity contribution in [1.29, 1.82) is 0 Å². The molecule has 10 heteroatoms. The van der Waals surface area contributed by atoms with E-state index in [0.29, 0.717) is 54.4 Å². The molecule has 1 aliphatic rings. The van der Waals surface area contributed by atoms with E-state index in [1.165, 1.54) is 18.3 Å². The number of nitrogens with two attached hydrogens (primary N) is 1. The molecule has 5 N–H and O–H groups in total. The summed E-state index contributed by atoms with van der Waals surface area (Å²) in [5, 5.41) is 15.8. The highest BCUT2D eigenvalue weighted by Gasteiger charge is 2.20. The zero-order valence-corrected chi connectivity index (χ0v) is 18.8. The third kappa shape index (κ3) is 5.83. The summed E-state index contributed by atoms with van der Waals surface area (Å²) in [5.74, 6) is -1.72. The first-order valence-electron chi connectivity index (χ1n) is 11.0. The molecule has 0 saturated carbocycles. The van der Waals surface area contributed by atoms with Crippen LogP contribution in [0.25, 0.3) is 4.85 Å². The summed E-state index contributed by atoms with van der Waals surface area (Å²) in [6, 6.07) is 10.1. The van der Waals surface area contributed by atoms with Gasteiger partial charge in [-0.15, -0.1) is 0 Å². The van der Waals surface area contributed by atoms with Crippen molar-refractivity contribution in [1.82, 2.24) is 4.98 Å². The molecule has 2 heterocycles. The molecule has 0 radical (unpaired) electrons. The van der Waals surface area contributed by atoms with Crippen molar-refractivity contribution >= 4 is 34.5 Å². The molecule has 4 rings (SSSR count). The van der Waals surface area contributed by atoms with Crippen LogP contribution in [0.1, 0.15) is 28.8 Å². The molecule has 0 spiro atoms. The fraction of sp³-hybridized carbons (Fsp3) is 0.240. The molecule has 35 heavy (non-hydrogen) atoms. The number of carbonyl (C=O) groups is 1. The zero-order chi connectivity index (χ0) is 24.9. The van der Waals surface area contributed by atoms with Gasteiger partial charge in [0.25, 0.3) is 5.91 Å². The van der Waals surface area contributed by atoms with Crippen molar-refractivity contribution < 1.29 is 18.7 Å². The third-order valence-electron chi connectivity index (χ3n) is 5.75. The number of carbonyl (C=O) groups excluding carboxylic acids is 1. The first kappa shape index (κ1) is 23.9. The maximum absolute atomic E-state index is 13.5. The lowest BCUT2D eigenvalue weighted by atomic mass is 10.1. The molecule has 180 valence electrons. The first-order valence-corrected chi connectivity index (χ1v) is 11.0. The zero-order valence-electron chi connectivity index (χ0n) is 18.8. The molecule has 0 atom stereocenters. The van der Waals surface area contributed by atoms with E-state index in [9.17, 15) is 18.7 Å². The number of pyridine rings is 1. The van der Waals surface area contributed by atoms with Crippen molar-refractivity contribution in [2.75, 3.05) is 28.6 Å². The summed E-state index contributed by atoms with van der Waals surface area (Å²) < 4.78 is 27.0. The lowest BCUT2D eigenvalue weighted by Gasteiger charge is -2.32. The predicted octanol–water partition coefficient (Wildman–Crippen LogP) is 4.33. The lowest BCUT2D eigenvalue weighted by molar-refractivity contribution is 0.100. The highest BCUT2D eigenvalue weighted by atomic mass is 19.1. The van der Waals surface area contributed by atoms with Crippen molar-refractivity contribution in [3.8, 4) is 0 Å². The molecule has 3 aromatic rings. The second-order valence-corrected chi connectivity index (χ2v) is 8.27. The Bertz CT molecular complexity index is 1270. The summed E-state index contributed by atoms with van der Waals surface area (Å²) in [6.07, 6.45) is 2.32. The van der Waals surface area contributed by atoms with Gasteiger partial charge in [0.15, 0.2) is 0 Å². The molecule has 0 aliphatic carbocycles. The van der Waals surface area contributed by atoms with Crippen LogP contribution in [0.2, 0.25) is 0 Å². The molecular formula is C25H24F2N6O2. The van der Waals surface area contributed by atoms with Gasteiger partial charge in [0.05, 0.1) is 23.9 Å². The number of halogens is 2. The minimum absolute atomic E-state index is 0.0551. The maximum Gasteiger partial charge on any atom is 0.252 e. The summed E-state index contributed by atoms with van der Waals surface area (Å²) in [7, 11) is 0. The van der Waals surface area contributed by atoms with E-state index in [1.807, 2.05) is 12.1 Å². The van der Waals surface area contributed by atoms with Crippen molar-refractivity contribution in [2.45, 2.75) is 25.5 Å². The second kappa shape index (κ2) is 10.4. The first-order chi connectivity index (χ1) is 16.8. The van der Waals surface area contributed by atoms with Crippen LogP contribution in [-0.2, 0) is 6.54 Å². The van der Waals surface area contributed by atoms with Crippen LogP contribution in [-0.4, -0.2) is 35.2 Å². The number of aliphatic hydroxyl groups excluding tert-OH is 1. The number of primary amides is 1. The number of aliphatic hydroxyl groups is 1. The average molecular weight is 479 g/mol. The van der Waals surface area contributed by atoms with E-state index < -0.39 is 17.5 Å². The van der Waals surface area contributed by atoms with Gasteiger partial charge < -0.3 is 26.4 Å². The van der Waals surface area contributed by atoms with Gasteiger partial charge in [-0.25, -0.2) is 18.6 Å². The lowest BCUT2D eigenvalue weighted by Crippen LogP contribution is -2.35. The largest absolute Gasteiger partial charge is 0.393 e. The van der Waals surface area contributed by atoms with Crippen LogP contribution in [0.15, 0.2) is 48.7 Å². The minimum atomic E-state index is -0.705. The highest BCUT2D eigenvalue weighted by molar-refractivity contribution is 5.98. The molecule has 0 unspecified atom stereocenters. The van der Waals surface area contributed by atoms with Crippen LogP contribution >= 0.6 is 0 Å². The Morgan fingerprint density at radius 2 is 1.89 bits per heavy atom. The van der Waals surface area contributed by atoms with Crippen LogP contribution in [0.3, 0.4) is 0 Å². The Hall–Kier alpha value is -4.23. The Morgan fingerprint density at radius 3 is 2.54 bits per heavy atom. The molecule has 2 aromatic carbocycles. The fourth-order valence-electron chi connectivity index (χ4n) is 3.99. The number of nitrogens with zero attached hydrogens (tertiary/aromatic N) is 3. The average Bonchev–Trinajstić information content (AvgIpc) is 2.82. The number of hydrogen-bond donors (Lipinski definition) is 4. The molecule has 0 bridgehead atoms. The molecule has 1 saturated heterocycles. The maximum atomic E-state index is 13.5. The van der Waals surface area contributed by atoms with Crippen molar-refractivity contribution in [3.05, 3.63) is 82.8 Å². The standard InChI is InChI=1S/C25H24F2N6O2/c1-29-22-11-18(2-3-23(22)33-6-4-19(34)5-7-33)32-24-12-21(20(14-31-24)25(28)35)30-13-15-8-16(26)10-17(27)9-15/h2-3,8-12,14,19,34H,4-7,13H2,(H2,28,35)(H2,30,31,32). The number of hydrogen-bond acceptors (Lipinski definition) is 6. The minimum Gasteiger partial charge on any atom is -0.393 e. The van der Waals surface area contributed by atoms with Gasteiger partial charge in [0.1, 0.15) is 17.5 Å².